The molecule has 0 aliphatic carbocycles. The van der Waals surface area contributed by atoms with Gasteiger partial charge in [-0.05, 0) is 32.7 Å². The van der Waals surface area contributed by atoms with Crippen LogP contribution in [0.15, 0.2) is 0 Å². The Hall–Kier alpha value is -0.320. The fourth-order valence-corrected chi connectivity index (χ4v) is 1.92. The Labute approximate surface area is 97.5 Å². The fraction of sp³-hybridized carbons (Fsp3) is 0.900. The average molecular weight is 237 g/mol. The molecule has 0 spiro atoms. The van der Waals surface area contributed by atoms with Crippen LogP contribution in [0.1, 0.15) is 20.3 Å². The predicted octanol–water partition coefficient (Wildman–Crippen LogP) is 0.639. The molecule has 2 N–H and O–H groups in total. The van der Waals surface area contributed by atoms with Gasteiger partial charge in [0.05, 0.1) is 7.11 Å². The summed E-state index contributed by atoms with van der Waals surface area (Å²) in [6, 6.07) is 0.0774. The van der Waals surface area contributed by atoms with E-state index in [0.29, 0.717) is 5.92 Å². The van der Waals surface area contributed by atoms with Crippen molar-refractivity contribution in [2.24, 2.45) is 11.7 Å². The van der Waals surface area contributed by atoms with E-state index in [4.69, 9.17) is 10.5 Å². The van der Waals surface area contributed by atoms with Crippen molar-refractivity contribution in [1.82, 2.24) is 4.90 Å². The minimum atomic E-state index is -0.157. The third-order valence-corrected chi connectivity index (χ3v) is 3.09. The van der Waals surface area contributed by atoms with Gasteiger partial charge in [-0.1, -0.05) is 0 Å². The summed E-state index contributed by atoms with van der Waals surface area (Å²) >= 11 is 0. The zero-order valence-corrected chi connectivity index (χ0v) is 10.4. The van der Waals surface area contributed by atoms with Crippen molar-refractivity contribution in [2.75, 3.05) is 20.2 Å². The predicted molar refractivity (Wildman–Crippen MR) is 62.1 cm³/mol. The summed E-state index contributed by atoms with van der Waals surface area (Å²) in [4.78, 5) is 13.4. The van der Waals surface area contributed by atoms with Crippen LogP contribution in [0.2, 0.25) is 0 Å². The first-order valence-corrected chi connectivity index (χ1v) is 5.13. The van der Waals surface area contributed by atoms with Crippen molar-refractivity contribution >= 4 is 18.4 Å². The zero-order valence-electron chi connectivity index (χ0n) is 9.60. The Balaban J connectivity index is 0.00000196. The number of nitrogens with two attached hydrogens (primary N) is 1. The van der Waals surface area contributed by atoms with Crippen molar-refractivity contribution in [3.8, 4) is 0 Å². The smallest absolute Gasteiger partial charge is 0.322 e. The van der Waals surface area contributed by atoms with E-state index in [2.05, 4.69) is 4.90 Å². The summed E-state index contributed by atoms with van der Waals surface area (Å²) in [7, 11) is 1.43. The summed E-state index contributed by atoms with van der Waals surface area (Å²) in [5, 5.41) is 0. The molecule has 1 aliphatic heterocycles. The lowest BCUT2D eigenvalue weighted by Gasteiger charge is -2.22. The summed E-state index contributed by atoms with van der Waals surface area (Å²) in [6.07, 6.45) is 1.08. The van der Waals surface area contributed by atoms with Gasteiger partial charge in [-0.15, -0.1) is 12.4 Å². The number of rotatable bonds is 3. The van der Waals surface area contributed by atoms with Crippen molar-refractivity contribution in [2.45, 2.75) is 32.4 Å². The third kappa shape index (κ3) is 3.63. The highest BCUT2D eigenvalue weighted by Crippen LogP contribution is 2.20. The second-order valence-corrected chi connectivity index (χ2v) is 4.10. The number of carbonyl (C=O) groups excluding carboxylic acids is 1. The maximum absolute atomic E-state index is 11.3. The Kier molecular flexibility index (Phi) is 6.17. The number of esters is 1. The Morgan fingerprint density at radius 3 is 2.53 bits per heavy atom. The summed E-state index contributed by atoms with van der Waals surface area (Å²) in [6.45, 7) is 5.77. The molecule has 0 aromatic heterocycles. The molecular formula is C10H21ClN2O2. The quantitative estimate of drug-likeness (QED) is 0.731. The molecule has 4 nitrogen and oxygen atoms in total. The molecule has 0 bridgehead atoms. The lowest BCUT2D eigenvalue weighted by molar-refractivity contribution is -0.145. The zero-order chi connectivity index (χ0) is 10.7. The van der Waals surface area contributed by atoms with Crippen LogP contribution in [0, 0.1) is 5.92 Å². The van der Waals surface area contributed by atoms with E-state index in [1.165, 1.54) is 7.11 Å². The molecule has 90 valence electrons. The van der Waals surface area contributed by atoms with Gasteiger partial charge in [-0.2, -0.15) is 0 Å². The van der Waals surface area contributed by atoms with E-state index in [-0.39, 0.29) is 30.5 Å². The number of methoxy groups -OCH3 is 1. The molecule has 1 saturated heterocycles. The first-order valence-electron chi connectivity index (χ1n) is 5.13. The molecule has 0 amide bonds. The molecule has 0 radical (unpaired) electrons. The van der Waals surface area contributed by atoms with Crippen LogP contribution in [-0.4, -0.2) is 43.2 Å². The highest BCUT2D eigenvalue weighted by Gasteiger charge is 2.31. The van der Waals surface area contributed by atoms with Crippen LogP contribution >= 0.6 is 12.4 Å². The maximum atomic E-state index is 11.3. The number of nitrogens with zero attached hydrogens (tertiary/aromatic N) is 1. The molecule has 1 heterocycles. The van der Waals surface area contributed by atoms with Gasteiger partial charge in [0.25, 0.3) is 0 Å². The average Bonchev–Trinajstić information content (AvgIpc) is 2.64. The molecular weight excluding hydrogens is 216 g/mol. The Bertz CT molecular complexity index is 212. The minimum absolute atomic E-state index is 0. The number of halogens is 1. The van der Waals surface area contributed by atoms with E-state index in [1.54, 1.807) is 0 Å². The number of ether oxygens (including phenoxy) is 1. The summed E-state index contributed by atoms with van der Waals surface area (Å²) < 4.78 is 4.71. The van der Waals surface area contributed by atoms with E-state index in [9.17, 15) is 4.79 Å². The largest absolute Gasteiger partial charge is 0.468 e. The molecule has 0 aromatic rings. The van der Waals surface area contributed by atoms with Gasteiger partial charge in [-0.3, -0.25) is 9.69 Å². The van der Waals surface area contributed by atoms with E-state index >= 15 is 0 Å². The number of hydrogen-bond donors (Lipinski definition) is 1. The van der Waals surface area contributed by atoms with Crippen LogP contribution in [0.3, 0.4) is 0 Å². The van der Waals surface area contributed by atoms with Crippen LogP contribution in [0.5, 0.6) is 0 Å². The van der Waals surface area contributed by atoms with Crippen LogP contribution in [0.25, 0.3) is 0 Å². The standard InChI is InChI=1S/C10H20N2O2.ClH/c1-7(11)9-4-5-12(6-9)8(2)10(13)14-3;/h7-9H,4-6,11H2,1-3H3;1H. The maximum Gasteiger partial charge on any atom is 0.322 e. The van der Waals surface area contributed by atoms with E-state index in [0.717, 1.165) is 19.5 Å². The number of hydrogen-bond acceptors (Lipinski definition) is 4. The molecule has 0 aromatic carbocycles. The second-order valence-electron chi connectivity index (χ2n) is 4.10. The number of likely N-dealkylation sites (tertiary alicyclic amines) is 1. The van der Waals surface area contributed by atoms with Crippen molar-refractivity contribution in [1.29, 1.82) is 0 Å². The van der Waals surface area contributed by atoms with Crippen LogP contribution in [0.4, 0.5) is 0 Å². The molecule has 5 heteroatoms. The molecule has 0 saturated carbocycles. The molecule has 1 aliphatic rings. The monoisotopic (exact) mass is 236 g/mol. The normalized spacial score (nSPS) is 25.5. The van der Waals surface area contributed by atoms with Gasteiger partial charge >= 0.3 is 5.97 Å². The molecule has 3 unspecified atom stereocenters. The fourth-order valence-electron chi connectivity index (χ4n) is 1.92. The lowest BCUT2D eigenvalue weighted by atomic mass is 10.0. The number of carbonyl (C=O) groups is 1. The van der Waals surface area contributed by atoms with Crippen molar-refractivity contribution in [3.63, 3.8) is 0 Å². The highest BCUT2D eigenvalue weighted by atomic mass is 35.5. The van der Waals surface area contributed by atoms with E-state index < -0.39 is 0 Å². The third-order valence-electron chi connectivity index (χ3n) is 3.09. The first-order chi connectivity index (χ1) is 6.56. The molecule has 15 heavy (non-hydrogen) atoms. The molecule has 1 fully saturated rings. The van der Waals surface area contributed by atoms with Gasteiger partial charge in [0.1, 0.15) is 6.04 Å². The second kappa shape index (κ2) is 6.30. The minimum Gasteiger partial charge on any atom is -0.468 e. The lowest BCUT2D eigenvalue weighted by Crippen LogP contribution is -2.39. The van der Waals surface area contributed by atoms with Crippen molar-refractivity contribution < 1.29 is 9.53 Å². The topological polar surface area (TPSA) is 55.6 Å². The molecule has 1 rings (SSSR count). The van der Waals surface area contributed by atoms with Crippen LogP contribution < -0.4 is 5.73 Å². The van der Waals surface area contributed by atoms with Gasteiger partial charge in [-0.25, -0.2) is 0 Å². The Morgan fingerprint density at radius 2 is 2.13 bits per heavy atom. The Morgan fingerprint density at radius 1 is 1.53 bits per heavy atom. The summed E-state index contributed by atoms with van der Waals surface area (Å²) in [5.74, 6) is 0.359. The summed E-state index contributed by atoms with van der Waals surface area (Å²) in [5.41, 5.74) is 5.83. The van der Waals surface area contributed by atoms with Crippen molar-refractivity contribution in [3.05, 3.63) is 0 Å². The van der Waals surface area contributed by atoms with E-state index in [1.807, 2.05) is 13.8 Å². The van der Waals surface area contributed by atoms with Crippen LogP contribution in [-0.2, 0) is 9.53 Å². The SMILES string of the molecule is COC(=O)C(C)N1CCC(C(C)N)C1.Cl. The van der Waals surface area contributed by atoms with Gasteiger partial charge in [0.2, 0.25) is 0 Å². The first kappa shape index (κ1) is 14.7. The van der Waals surface area contributed by atoms with Gasteiger partial charge in [0, 0.05) is 12.6 Å². The van der Waals surface area contributed by atoms with Gasteiger partial charge in [0.15, 0.2) is 0 Å². The van der Waals surface area contributed by atoms with Gasteiger partial charge < -0.3 is 10.5 Å². The molecule has 3 atom stereocenters. The highest BCUT2D eigenvalue weighted by molar-refractivity contribution is 5.85.